The first-order valence-electron chi connectivity index (χ1n) is 4.00. The minimum absolute atomic E-state index is 0.457. The number of nitrogens with zero attached hydrogens (tertiary/aromatic N) is 1. The van der Waals surface area contributed by atoms with Gasteiger partial charge < -0.3 is 5.73 Å². The SMILES string of the molecule is CC(C)c1nc(Cl)c(CCN)s1. The highest BCUT2D eigenvalue weighted by Gasteiger charge is 2.10. The van der Waals surface area contributed by atoms with Gasteiger partial charge in [-0.3, -0.25) is 0 Å². The number of rotatable bonds is 3. The largest absolute Gasteiger partial charge is 0.330 e. The van der Waals surface area contributed by atoms with Crippen LogP contribution >= 0.6 is 22.9 Å². The first-order chi connectivity index (χ1) is 5.65. The molecule has 2 N–H and O–H groups in total. The molecular weight excluding hydrogens is 192 g/mol. The molecule has 12 heavy (non-hydrogen) atoms. The highest BCUT2D eigenvalue weighted by molar-refractivity contribution is 7.12. The van der Waals surface area contributed by atoms with Crippen molar-refractivity contribution in [2.45, 2.75) is 26.2 Å². The molecule has 2 nitrogen and oxygen atoms in total. The zero-order valence-electron chi connectivity index (χ0n) is 7.30. The molecule has 0 unspecified atom stereocenters. The van der Waals surface area contributed by atoms with Gasteiger partial charge in [0, 0.05) is 10.8 Å². The summed E-state index contributed by atoms with van der Waals surface area (Å²) in [7, 11) is 0. The van der Waals surface area contributed by atoms with Gasteiger partial charge in [0.1, 0.15) is 5.15 Å². The fraction of sp³-hybridized carbons (Fsp3) is 0.625. The van der Waals surface area contributed by atoms with Crippen molar-refractivity contribution in [3.05, 3.63) is 15.0 Å². The summed E-state index contributed by atoms with van der Waals surface area (Å²) in [5, 5.41) is 1.73. The van der Waals surface area contributed by atoms with E-state index in [1.54, 1.807) is 11.3 Å². The summed E-state index contributed by atoms with van der Waals surface area (Å²) in [6.07, 6.45) is 0.837. The highest BCUT2D eigenvalue weighted by atomic mass is 35.5. The third-order valence-corrected chi connectivity index (χ3v) is 3.37. The Balaban J connectivity index is 2.85. The van der Waals surface area contributed by atoms with Gasteiger partial charge in [0.15, 0.2) is 0 Å². The molecule has 0 radical (unpaired) electrons. The lowest BCUT2D eigenvalue weighted by Crippen LogP contribution is -2.01. The summed E-state index contributed by atoms with van der Waals surface area (Å²) >= 11 is 7.58. The van der Waals surface area contributed by atoms with Crippen LogP contribution in [0.2, 0.25) is 5.15 Å². The first kappa shape index (κ1) is 9.96. The summed E-state index contributed by atoms with van der Waals surface area (Å²) in [5.74, 6) is 0.457. The minimum atomic E-state index is 0.457. The maximum Gasteiger partial charge on any atom is 0.143 e. The molecule has 68 valence electrons. The third-order valence-electron chi connectivity index (χ3n) is 1.53. The Hall–Kier alpha value is -0.120. The molecule has 1 aromatic rings. The molecule has 1 aromatic heterocycles. The van der Waals surface area contributed by atoms with E-state index in [1.165, 1.54) is 0 Å². The molecule has 1 rings (SSSR count). The van der Waals surface area contributed by atoms with Crippen molar-refractivity contribution < 1.29 is 0 Å². The van der Waals surface area contributed by atoms with Crippen LogP contribution in [0.25, 0.3) is 0 Å². The molecule has 0 spiro atoms. The van der Waals surface area contributed by atoms with Crippen LogP contribution < -0.4 is 5.73 Å². The minimum Gasteiger partial charge on any atom is -0.330 e. The number of hydrogen-bond acceptors (Lipinski definition) is 3. The molecule has 0 saturated carbocycles. The smallest absolute Gasteiger partial charge is 0.143 e. The van der Waals surface area contributed by atoms with Crippen molar-refractivity contribution in [1.29, 1.82) is 0 Å². The summed E-state index contributed by atoms with van der Waals surface area (Å²) < 4.78 is 0. The first-order valence-corrected chi connectivity index (χ1v) is 5.19. The van der Waals surface area contributed by atoms with Gasteiger partial charge in [-0.15, -0.1) is 11.3 Å². The fourth-order valence-corrected chi connectivity index (χ4v) is 2.21. The molecule has 0 atom stereocenters. The summed E-state index contributed by atoms with van der Waals surface area (Å²) in [6, 6.07) is 0. The van der Waals surface area contributed by atoms with Crippen molar-refractivity contribution in [1.82, 2.24) is 4.98 Å². The van der Waals surface area contributed by atoms with Crippen LogP contribution in [0.5, 0.6) is 0 Å². The molecule has 0 aromatic carbocycles. The zero-order chi connectivity index (χ0) is 9.14. The van der Waals surface area contributed by atoms with Gasteiger partial charge in [-0.1, -0.05) is 25.4 Å². The maximum absolute atomic E-state index is 5.91. The second-order valence-electron chi connectivity index (χ2n) is 2.96. The van der Waals surface area contributed by atoms with Crippen molar-refractivity contribution >= 4 is 22.9 Å². The monoisotopic (exact) mass is 204 g/mol. The number of aromatic nitrogens is 1. The van der Waals surface area contributed by atoms with Gasteiger partial charge in [0.05, 0.1) is 5.01 Å². The molecule has 0 aliphatic carbocycles. The normalized spacial score (nSPS) is 11.1. The molecular formula is C8H13ClN2S. The molecule has 4 heteroatoms. The molecule has 1 heterocycles. The van der Waals surface area contributed by atoms with Crippen molar-refractivity contribution in [2.75, 3.05) is 6.54 Å². The standard InChI is InChI=1S/C8H13ClN2S/c1-5(2)8-11-7(9)6(12-8)3-4-10/h5H,3-4,10H2,1-2H3. The second-order valence-corrected chi connectivity index (χ2v) is 4.43. The predicted octanol–water partition coefficient (Wildman–Crippen LogP) is 2.42. The Labute approximate surface area is 81.8 Å². The van der Waals surface area contributed by atoms with Gasteiger partial charge in [0.2, 0.25) is 0 Å². The fourth-order valence-electron chi connectivity index (χ4n) is 0.882. The van der Waals surface area contributed by atoms with E-state index in [1.807, 2.05) is 0 Å². The third kappa shape index (κ3) is 2.19. The average molecular weight is 205 g/mol. The van der Waals surface area contributed by atoms with Crippen LogP contribution in [0.1, 0.15) is 29.7 Å². The average Bonchev–Trinajstić information content (AvgIpc) is 2.34. The number of halogens is 1. The summed E-state index contributed by atoms with van der Waals surface area (Å²) in [6.45, 7) is 4.86. The summed E-state index contributed by atoms with van der Waals surface area (Å²) in [5.41, 5.74) is 5.44. The van der Waals surface area contributed by atoms with E-state index in [-0.39, 0.29) is 0 Å². The Morgan fingerprint density at radius 2 is 2.25 bits per heavy atom. The van der Waals surface area contributed by atoms with Crippen LogP contribution in [0.15, 0.2) is 0 Å². The molecule has 0 bridgehead atoms. The number of hydrogen-bond donors (Lipinski definition) is 1. The van der Waals surface area contributed by atoms with Gasteiger partial charge in [0.25, 0.3) is 0 Å². The van der Waals surface area contributed by atoms with E-state index in [9.17, 15) is 0 Å². The molecule has 0 aliphatic rings. The highest BCUT2D eigenvalue weighted by Crippen LogP contribution is 2.27. The second kappa shape index (κ2) is 4.21. The molecule has 0 fully saturated rings. The van der Waals surface area contributed by atoms with E-state index >= 15 is 0 Å². The van der Waals surface area contributed by atoms with Crippen LogP contribution in [0, 0.1) is 0 Å². The van der Waals surface area contributed by atoms with Gasteiger partial charge >= 0.3 is 0 Å². The van der Waals surface area contributed by atoms with E-state index in [0.717, 1.165) is 16.3 Å². The van der Waals surface area contributed by atoms with Gasteiger partial charge in [-0.2, -0.15) is 0 Å². The number of thiazole rings is 1. The molecule has 0 saturated heterocycles. The Morgan fingerprint density at radius 3 is 2.67 bits per heavy atom. The van der Waals surface area contributed by atoms with Crippen molar-refractivity contribution in [3.63, 3.8) is 0 Å². The van der Waals surface area contributed by atoms with Gasteiger partial charge in [-0.25, -0.2) is 4.98 Å². The lowest BCUT2D eigenvalue weighted by molar-refractivity contribution is 0.852. The van der Waals surface area contributed by atoms with Crippen molar-refractivity contribution in [3.8, 4) is 0 Å². The van der Waals surface area contributed by atoms with E-state index in [4.69, 9.17) is 17.3 Å². The maximum atomic E-state index is 5.91. The summed E-state index contributed by atoms with van der Waals surface area (Å²) in [4.78, 5) is 5.37. The topological polar surface area (TPSA) is 38.9 Å². The molecule has 0 aliphatic heterocycles. The predicted molar refractivity (Wildman–Crippen MR) is 54.0 cm³/mol. The Morgan fingerprint density at radius 1 is 1.58 bits per heavy atom. The lowest BCUT2D eigenvalue weighted by Gasteiger charge is -1.95. The lowest BCUT2D eigenvalue weighted by atomic mass is 10.2. The van der Waals surface area contributed by atoms with E-state index < -0.39 is 0 Å². The van der Waals surface area contributed by atoms with E-state index in [0.29, 0.717) is 17.6 Å². The quantitative estimate of drug-likeness (QED) is 0.822. The Bertz CT molecular complexity index is 258. The zero-order valence-corrected chi connectivity index (χ0v) is 8.87. The van der Waals surface area contributed by atoms with Crippen LogP contribution in [-0.4, -0.2) is 11.5 Å². The van der Waals surface area contributed by atoms with Crippen LogP contribution in [0.3, 0.4) is 0 Å². The van der Waals surface area contributed by atoms with Crippen LogP contribution in [-0.2, 0) is 6.42 Å². The Kier molecular flexibility index (Phi) is 3.50. The van der Waals surface area contributed by atoms with E-state index in [2.05, 4.69) is 18.8 Å². The molecule has 0 amide bonds. The van der Waals surface area contributed by atoms with Crippen molar-refractivity contribution in [2.24, 2.45) is 5.73 Å². The van der Waals surface area contributed by atoms with Gasteiger partial charge in [-0.05, 0) is 13.0 Å². The number of nitrogens with two attached hydrogens (primary N) is 1. The van der Waals surface area contributed by atoms with Crippen LogP contribution in [0.4, 0.5) is 0 Å².